The van der Waals surface area contributed by atoms with Crippen molar-refractivity contribution in [2.24, 2.45) is 10.8 Å². The summed E-state index contributed by atoms with van der Waals surface area (Å²) in [7, 11) is 0. The molecule has 2 aliphatic rings. The van der Waals surface area contributed by atoms with Crippen LogP contribution in [0, 0.1) is 10.8 Å². The summed E-state index contributed by atoms with van der Waals surface area (Å²) in [5.41, 5.74) is 9.85. The first kappa shape index (κ1) is 26.5. The molecule has 145 valence electrons. The Morgan fingerprint density at radius 1 is 0.692 bits per heavy atom. The molecule has 0 aromatic rings. The third-order valence-electron chi connectivity index (χ3n) is 7.08. The zero-order chi connectivity index (χ0) is 18.6. The Labute approximate surface area is 191 Å². The van der Waals surface area contributed by atoms with Gasteiger partial charge in [-0.25, -0.2) is 0 Å². The van der Waals surface area contributed by atoms with E-state index in [1.54, 1.807) is 22.3 Å². The molecule has 0 aromatic heterocycles. The zero-order valence-electron chi connectivity index (χ0n) is 18.2. The van der Waals surface area contributed by atoms with Crippen LogP contribution in [0.4, 0.5) is 0 Å². The van der Waals surface area contributed by atoms with Crippen molar-refractivity contribution in [1.82, 2.24) is 0 Å². The van der Waals surface area contributed by atoms with Gasteiger partial charge in [-0.05, 0) is 0 Å². The third-order valence-corrected chi connectivity index (χ3v) is 16.7. The Balaban J connectivity index is 0.00000312. The van der Waals surface area contributed by atoms with Gasteiger partial charge in [-0.15, -0.1) is 0 Å². The smallest absolute Gasteiger partial charge is 1.00 e. The molecule has 0 bridgehead atoms. The monoisotopic (exact) mass is 559 g/mol. The Kier molecular flexibility index (Phi) is 9.10. The van der Waals surface area contributed by atoms with Crippen LogP contribution in [0.2, 0.25) is 4.13 Å². The SMILES string of the molecule is C=C[CH2][Zr+2]([C]1=C(C)C(C)=C(C)C1(C)C)[C]1=C(C)C(C)=C(C)C1(C)C.[Br-].[Br-]. The topological polar surface area (TPSA) is 0 Å². The van der Waals surface area contributed by atoms with Gasteiger partial charge in [-0.1, -0.05) is 0 Å². The summed E-state index contributed by atoms with van der Waals surface area (Å²) in [6.07, 6.45) is 2.20. The van der Waals surface area contributed by atoms with E-state index in [0.717, 1.165) is 0 Å². The second kappa shape index (κ2) is 8.92. The van der Waals surface area contributed by atoms with Gasteiger partial charge in [0.15, 0.2) is 0 Å². The van der Waals surface area contributed by atoms with Crippen molar-refractivity contribution in [3.8, 4) is 0 Å². The number of hydrogen-bond donors (Lipinski definition) is 0. The van der Waals surface area contributed by atoms with Gasteiger partial charge in [0.25, 0.3) is 0 Å². The Morgan fingerprint density at radius 3 is 1.19 bits per heavy atom. The van der Waals surface area contributed by atoms with Crippen molar-refractivity contribution in [1.29, 1.82) is 0 Å². The number of rotatable bonds is 4. The van der Waals surface area contributed by atoms with E-state index in [4.69, 9.17) is 0 Å². The predicted octanol–water partition coefficient (Wildman–Crippen LogP) is 1.52. The van der Waals surface area contributed by atoms with Crippen molar-refractivity contribution in [3.63, 3.8) is 0 Å². The van der Waals surface area contributed by atoms with E-state index in [9.17, 15) is 0 Å². The Bertz CT molecular complexity index is 669. The van der Waals surface area contributed by atoms with Crippen LogP contribution in [0.25, 0.3) is 0 Å². The second-order valence-electron chi connectivity index (χ2n) is 8.72. The molecule has 0 saturated heterocycles. The Morgan fingerprint density at radius 2 is 1.00 bits per heavy atom. The van der Waals surface area contributed by atoms with Gasteiger partial charge in [0, 0.05) is 0 Å². The van der Waals surface area contributed by atoms with E-state index >= 15 is 0 Å². The first-order chi connectivity index (χ1) is 10.9. The molecule has 0 nitrogen and oxygen atoms in total. The molecular weight excluding hydrogens is 527 g/mol. The molecule has 0 unspecified atom stereocenters. The van der Waals surface area contributed by atoms with Gasteiger partial charge < -0.3 is 34.0 Å². The molecule has 0 aromatic carbocycles. The molecule has 0 N–H and O–H groups in total. The quantitative estimate of drug-likeness (QED) is 0.456. The molecule has 0 atom stereocenters. The summed E-state index contributed by atoms with van der Waals surface area (Å²) in [4.78, 5) is 0. The third kappa shape index (κ3) is 3.84. The average Bonchev–Trinajstić information content (AvgIpc) is 2.74. The van der Waals surface area contributed by atoms with Gasteiger partial charge in [0.2, 0.25) is 0 Å². The first-order valence-corrected chi connectivity index (χ1v) is 13.4. The maximum absolute atomic E-state index is 4.14. The molecular formula is C23H35Br2Zr. The molecule has 0 amide bonds. The predicted molar refractivity (Wildman–Crippen MR) is 105 cm³/mol. The fourth-order valence-corrected chi connectivity index (χ4v) is 15.0. The minimum absolute atomic E-state index is 0. The zero-order valence-corrected chi connectivity index (χ0v) is 23.9. The molecule has 0 spiro atoms. The van der Waals surface area contributed by atoms with Crippen molar-refractivity contribution < 1.29 is 55.7 Å². The minimum Gasteiger partial charge on any atom is -1.00 e. The normalized spacial score (nSPS) is 21.2. The van der Waals surface area contributed by atoms with Crippen LogP contribution in [0.5, 0.6) is 0 Å². The van der Waals surface area contributed by atoms with E-state index in [1.165, 1.54) is 15.3 Å². The van der Waals surface area contributed by atoms with Crippen LogP contribution in [0.15, 0.2) is 52.7 Å². The second-order valence-corrected chi connectivity index (χ2v) is 14.5. The summed E-state index contributed by atoms with van der Waals surface area (Å²) >= 11 is -2.03. The van der Waals surface area contributed by atoms with Gasteiger partial charge in [0.05, 0.1) is 0 Å². The van der Waals surface area contributed by atoms with E-state index in [1.807, 2.05) is 6.56 Å². The summed E-state index contributed by atoms with van der Waals surface area (Å²) in [5.74, 6) is 0. The van der Waals surface area contributed by atoms with E-state index in [0.29, 0.717) is 0 Å². The Hall–Kier alpha value is 0.543. The van der Waals surface area contributed by atoms with Gasteiger partial charge in [-0.2, -0.15) is 0 Å². The number of halogens is 2. The van der Waals surface area contributed by atoms with Crippen molar-refractivity contribution in [3.05, 3.63) is 52.7 Å². The van der Waals surface area contributed by atoms with Crippen LogP contribution in [-0.2, 0) is 21.8 Å². The van der Waals surface area contributed by atoms with E-state index < -0.39 is 21.8 Å². The fraction of sp³-hybridized carbons (Fsp3) is 0.565. The van der Waals surface area contributed by atoms with Gasteiger partial charge >= 0.3 is 159 Å². The molecule has 3 heteroatoms. The summed E-state index contributed by atoms with van der Waals surface area (Å²) in [5, 5.41) is 0. The first-order valence-electron chi connectivity index (χ1n) is 9.17. The molecule has 0 saturated carbocycles. The maximum atomic E-state index is 4.14. The largest absolute Gasteiger partial charge is 1.00 e. The van der Waals surface area contributed by atoms with Crippen LogP contribution in [0.3, 0.4) is 0 Å². The van der Waals surface area contributed by atoms with Crippen molar-refractivity contribution in [2.75, 3.05) is 0 Å². The standard InChI is InChI=1S/2C10H15.C3H5.2BrH.Zr/c2*1-7-6-10(4,5)9(3)8(7)2;1-3-2;;;/h2*1-5H3;3H,1-2H2;2*1H;/q;;;;;+2/p-2. The maximum Gasteiger partial charge on any atom is -1.00 e. The van der Waals surface area contributed by atoms with Crippen molar-refractivity contribution in [2.45, 2.75) is 73.4 Å². The molecule has 2 rings (SSSR count). The number of allylic oxidation sites excluding steroid dienone is 9. The van der Waals surface area contributed by atoms with E-state index in [2.05, 4.69) is 81.9 Å². The molecule has 0 aliphatic heterocycles. The van der Waals surface area contributed by atoms with E-state index in [-0.39, 0.29) is 44.8 Å². The molecule has 0 radical (unpaired) electrons. The summed E-state index contributed by atoms with van der Waals surface area (Å²) in [6.45, 7) is 28.0. The number of hydrogen-bond acceptors (Lipinski definition) is 0. The molecule has 0 heterocycles. The summed E-state index contributed by atoms with van der Waals surface area (Å²) < 4.78 is 4.84. The molecule has 2 aliphatic carbocycles. The van der Waals surface area contributed by atoms with Crippen LogP contribution in [-0.4, -0.2) is 0 Å². The molecule has 0 fully saturated rings. The fourth-order valence-electron chi connectivity index (χ4n) is 4.87. The van der Waals surface area contributed by atoms with Crippen LogP contribution >= 0.6 is 0 Å². The minimum atomic E-state index is -2.03. The average molecular weight is 563 g/mol. The van der Waals surface area contributed by atoms with Crippen molar-refractivity contribution >= 4 is 0 Å². The van der Waals surface area contributed by atoms with Crippen LogP contribution in [0.1, 0.15) is 69.2 Å². The molecule has 26 heavy (non-hydrogen) atoms. The van der Waals surface area contributed by atoms with Crippen LogP contribution < -0.4 is 34.0 Å². The van der Waals surface area contributed by atoms with Gasteiger partial charge in [-0.3, -0.25) is 0 Å². The van der Waals surface area contributed by atoms with Gasteiger partial charge in [0.1, 0.15) is 0 Å². The summed E-state index contributed by atoms with van der Waals surface area (Å²) in [6, 6.07) is 0.